The highest BCUT2D eigenvalue weighted by atomic mass is 16.1. The summed E-state index contributed by atoms with van der Waals surface area (Å²) in [5, 5.41) is 0. The lowest BCUT2D eigenvalue weighted by atomic mass is 9.91. The number of benzene rings is 1. The Morgan fingerprint density at radius 1 is 0.864 bits per heavy atom. The van der Waals surface area contributed by atoms with E-state index in [0.29, 0.717) is 36.5 Å². The fourth-order valence-corrected chi connectivity index (χ4v) is 2.91. The fraction of sp³-hybridized carbons (Fsp3) is 0.158. The Morgan fingerprint density at radius 3 is 1.86 bits per heavy atom. The summed E-state index contributed by atoms with van der Waals surface area (Å²) in [6, 6.07) is 6.93. The van der Waals surface area contributed by atoms with Gasteiger partial charge in [-0.05, 0) is 18.2 Å². The molecule has 0 unspecified atom stereocenters. The zero-order valence-electron chi connectivity index (χ0n) is 12.6. The second-order valence-corrected chi connectivity index (χ2v) is 5.33. The SMILES string of the molecule is C=CC[N+](CC=C)(CC=C)C1=CC(=O)c2ccccc2C1=O. The zero-order chi connectivity index (χ0) is 16.2. The summed E-state index contributed by atoms with van der Waals surface area (Å²) in [5.41, 5.74) is 1.40. The Morgan fingerprint density at radius 2 is 1.36 bits per heavy atom. The van der Waals surface area contributed by atoms with Crippen LogP contribution in [-0.4, -0.2) is 35.7 Å². The summed E-state index contributed by atoms with van der Waals surface area (Å²) in [6.07, 6.45) is 6.73. The number of allylic oxidation sites excluding steroid dienone is 2. The van der Waals surface area contributed by atoms with E-state index >= 15 is 0 Å². The van der Waals surface area contributed by atoms with Crippen molar-refractivity contribution in [3.8, 4) is 0 Å². The number of carbonyl (C=O) groups excluding carboxylic acids is 2. The average molecular weight is 294 g/mol. The van der Waals surface area contributed by atoms with Crippen LogP contribution in [0.25, 0.3) is 0 Å². The first kappa shape index (κ1) is 15.9. The van der Waals surface area contributed by atoms with E-state index in [4.69, 9.17) is 0 Å². The number of quaternary nitrogens is 1. The van der Waals surface area contributed by atoms with Gasteiger partial charge in [-0.25, -0.2) is 0 Å². The zero-order valence-corrected chi connectivity index (χ0v) is 12.6. The van der Waals surface area contributed by atoms with Crippen molar-refractivity contribution in [2.45, 2.75) is 0 Å². The maximum Gasteiger partial charge on any atom is 0.247 e. The number of Topliss-reactive ketones (excluding diaryl/α,β-unsaturated/α-hetero) is 1. The van der Waals surface area contributed by atoms with Crippen LogP contribution < -0.4 is 0 Å². The number of rotatable bonds is 7. The lowest BCUT2D eigenvalue weighted by Gasteiger charge is -2.37. The van der Waals surface area contributed by atoms with Gasteiger partial charge in [-0.1, -0.05) is 44.0 Å². The molecule has 1 aromatic carbocycles. The molecule has 0 N–H and O–H groups in total. The second-order valence-electron chi connectivity index (χ2n) is 5.33. The quantitative estimate of drug-likeness (QED) is 0.571. The predicted molar refractivity (Wildman–Crippen MR) is 88.6 cm³/mol. The molecule has 3 nitrogen and oxygen atoms in total. The van der Waals surface area contributed by atoms with Gasteiger partial charge in [0.25, 0.3) is 0 Å². The van der Waals surface area contributed by atoms with Gasteiger partial charge in [0.2, 0.25) is 5.78 Å². The van der Waals surface area contributed by atoms with E-state index in [9.17, 15) is 9.59 Å². The van der Waals surface area contributed by atoms with Crippen LogP contribution in [-0.2, 0) is 0 Å². The van der Waals surface area contributed by atoms with E-state index < -0.39 is 0 Å². The normalized spacial score (nSPS) is 14.1. The van der Waals surface area contributed by atoms with Crippen LogP contribution in [0, 0.1) is 0 Å². The van der Waals surface area contributed by atoms with Crippen LogP contribution in [0.2, 0.25) is 0 Å². The molecule has 0 amide bonds. The van der Waals surface area contributed by atoms with Gasteiger partial charge in [0.05, 0.1) is 6.08 Å². The predicted octanol–water partition coefficient (Wildman–Crippen LogP) is 3.32. The van der Waals surface area contributed by atoms with Gasteiger partial charge in [0.1, 0.15) is 19.6 Å². The van der Waals surface area contributed by atoms with Crippen molar-refractivity contribution in [2.75, 3.05) is 19.6 Å². The van der Waals surface area contributed by atoms with E-state index in [1.165, 1.54) is 6.08 Å². The highest BCUT2D eigenvalue weighted by molar-refractivity contribution is 6.23. The number of ketones is 2. The molecule has 0 aromatic heterocycles. The average Bonchev–Trinajstić information content (AvgIpc) is 2.51. The Bertz CT molecular complexity index is 656. The van der Waals surface area contributed by atoms with E-state index in [-0.39, 0.29) is 16.0 Å². The van der Waals surface area contributed by atoms with Crippen molar-refractivity contribution >= 4 is 11.6 Å². The molecule has 0 spiro atoms. The Hall–Kier alpha value is -2.52. The largest absolute Gasteiger partial charge is 0.289 e. The fourth-order valence-electron chi connectivity index (χ4n) is 2.91. The highest BCUT2D eigenvalue weighted by Gasteiger charge is 2.39. The third-order valence-electron chi connectivity index (χ3n) is 3.88. The van der Waals surface area contributed by atoms with Gasteiger partial charge < -0.3 is 0 Å². The molecule has 0 radical (unpaired) electrons. The van der Waals surface area contributed by atoms with Gasteiger partial charge in [-0.15, -0.1) is 0 Å². The summed E-state index contributed by atoms with van der Waals surface area (Å²) < 4.78 is 0.287. The van der Waals surface area contributed by atoms with Gasteiger partial charge in [-0.3, -0.25) is 14.1 Å². The van der Waals surface area contributed by atoms with Gasteiger partial charge in [0.15, 0.2) is 11.5 Å². The van der Waals surface area contributed by atoms with Crippen molar-refractivity contribution in [1.29, 1.82) is 0 Å². The maximum absolute atomic E-state index is 12.9. The topological polar surface area (TPSA) is 34.1 Å². The van der Waals surface area contributed by atoms with Crippen molar-refractivity contribution < 1.29 is 14.1 Å². The maximum atomic E-state index is 12.9. The summed E-state index contributed by atoms with van der Waals surface area (Å²) in [4.78, 5) is 25.3. The third-order valence-corrected chi connectivity index (χ3v) is 3.88. The first-order chi connectivity index (χ1) is 10.6. The number of carbonyl (C=O) groups is 2. The molecular weight excluding hydrogens is 274 g/mol. The molecule has 22 heavy (non-hydrogen) atoms. The van der Waals surface area contributed by atoms with Gasteiger partial charge >= 0.3 is 0 Å². The minimum atomic E-state index is -0.134. The van der Waals surface area contributed by atoms with Gasteiger partial charge in [0, 0.05) is 11.1 Å². The summed E-state index contributed by atoms with van der Waals surface area (Å²) in [6.45, 7) is 13.0. The first-order valence-electron chi connectivity index (χ1n) is 7.18. The molecule has 2 rings (SSSR count). The molecule has 1 aliphatic carbocycles. The van der Waals surface area contributed by atoms with Crippen molar-refractivity contribution in [1.82, 2.24) is 0 Å². The molecule has 0 heterocycles. The monoisotopic (exact) mass is 294 g/mol. The van der Waals surface area contributed by atoms with E-state index in [1.807, 2.05) is 0 Å². The van der Waals surface area contributed by atoms with Crippen LogP contribution in [0.15, 0.2) is 74.0 Å². The Balaban J connectivity index is 2.59. The lowest BCUT2D eigenvalue weighted by Crippen LogP contribution is -2.50. The Kier molecular flexibility index (Phi) is 4.68. The molecule has 3 heteroatoms. The molecule has 112 valence electrons. The van der Waals surface area contributed by atoms with Crippen LogP contribution in [0.4, 0.5) is 0 Å². The molecule has 0 saturated carbocycles. The van der Waals surface area contributed by atoms with Crippen molar-refractivity contribution in [2.24, 2.45) is 0 Å². The minimum absolute atomic E-state index is 0.110. The second kappa shape index (κ2) is 6.50. The van der Waals surface area contributed by atoms with Crippen molar-refractivity contribution in [3.63, 3.8) is 0 Å². The van der Waals surface area contributed by atoms with E-state index in [0.717, 1.165) is 0 Å². The highest BCUT2D eigenvalue weighted by Crippen LogP contribution is 2.29. The number of hydrogen-bond donors (Lipinski definition) is 0. The van der Waals surface area contributed by atoms with E-state index in [1.54, 1.807) is 42.5 Å². The third kappa shape index (κ3) is 2.63. The lowest BCUT2D eigenvalue weighted by molar-refractivity contribution is -0.870. The molecule has 0 atom stereocenters. The number of nitrogens with zero attached hydrogens (tertiary/aromatic N) is 1. The van der Waals surface area contributed by atoms with Gasteiger partial charge in [-0.2, -0.15) is 0 Å². The number of hydrogen-bond acceptors (Lipinski definition) is 2. The number of fused-ring (bicyclic) bond motifs is 1. The standard InChI is InChI=1S/C19H20NO2/c1-4-11-20(12-5-2,13-6-3)17-14-18(21)15-9-7-8-10-16(15)19(17)22/h4-10,14H,1-3,11-13H2/q+1. The molecule has 1 aliphatic rings. The molecular formula is C19H20NO2+. The van der Waals surface area contributed by atoms with Crippen molar-refractivity contribution in [3.05, 3.63) is 85.1 Å². The molecule has 1 aromatic rings. The smallest absolute Gasteiger partial charge is 0.247 e. The summed E-state index contributed by atoms with van der Waals surface area (Å²) in [7, 11) is 0. The van der Waals surface area contributed by atoms with E-state index in [2.05, 4.69) is 19.7 Å². The van der Waals surface area contributed by atoms with Crippen LogP contribution in [0.3, 0.4) is 0 Å². The van der Waals surface area contributed by atoms with Crippen LogP contribution >= 0.6 is 0 Å². The summed E-state index contributed by atoms with van der Waals surface area (Å²) >= 11 is 0. The molecule has 0 bridgehead atoms. The summed E-state index contributed by atoms with van der Waals surface area (Å²) in [5.74, 6) is -0.245. The van der Waals surface area contributed by atoms with Crippen LogP contribution in [0.1, 0.15) is 20.7 Å². The molecule has 0 saturated heterocycles. The Labute approximate surface area is 131 Å². The van der Waals surface area contributed by atoms with Crippen LogP contribution in [0.5, 0.6) is 0 Å². The minimum Gasteiger partial charge on any atom is -0.289 e. The first-order valence-corrected chi connectivity index (χ1v) is 7.18. The molecule has 0 fully saturated rings. The molecule has 0 aliphatic heterocycles.